The van der Waals surface area contributed by atoms with E-state index in [-0.39, 0.29) is 24.1 Å². The van der Waals surface area contributed by atoms with E-state index in [2.05, 4.69) is 10.2 Å². The van der Waals surface area contributed by atoms with Crippen molar-refractivity contribution in [2.75, 3.05) is 26.2 Å². The van der Waals surface area contributed by atoms with Crippen LogP contribution in [0.25, 0.3) is 0 Å². The molecule has 2 saturated heterocycles. The summed E-state index contributed by atoms with van der Waals surface area (Å²) in [6.45, 7) is 3.92. The van der Waals surface area contributed by atoms with Crippen molar-refractivity contribution in [1.82, 2.24) is 10.2 Å². The molecule has 1 amide bonds. The summed E-state index contributed by atoms with van der Waals surface area (Å²) < 4.78 is 13.9. The van der Waals surface area contributed by atoms with Gasteiger partial charge in [0.05, 0.1) is 5.41 Å². The van der Waals surface area contributed by atoms with Crippen LogP contribution in [0.2, 0.25) is 0 Å². The zero-order valence-corrected chi connectivity index (χ0v) is 16.2. The minimum Gasteiger partial charge on any atom is -0.342 e. The standard InChI is InChI=1S/C21H29FN2O.ClH/c22-19-6-4-5-18(13-19)21(9-2-1-3-10-21)20(25)24-11-7-16-14-23-15-17(16)8-12-24;/h4-6,13,16-17,23H,1-3,7-12,14-15H2;1H/t16-,17+;. The third-order valence-electron chi connectivity index (χ3n) is 6.80. The Labute approximate surface area is 162 Å². The zero-order chi connectivity index (χ0) is 17.3. The number of nitrogens with one attached hydrogen (secondary N) is 1. The van der Waals surface area contributed by atoms with E-state index in [1.807, 2.05) is 6.07 Å². The van der Waals surface area contributed by atoms with Crippen LogP contribution in [-0.2, 0) is 10.2 Å². The maximum Gasteiger partial charge on any atom is 0.233 e. The lowest BCUT2D eigenvalue weighted by Gasteiger charge is -2.40. The van der Waals surface area contributed by atoms with Gasteiger partial charge in [0.25, 0.3) is 0 Å². The largest absolute Gasteiger partial charge is 0.342 e. The van der Waals surface area contributed by atoms with E-state index < -0.39 is 5.41 Å². The summed E-state index contributed by atoms with van der Waals surface area (Å²) in [5, 5.41) is 3.49. The van der Waals surface area contributed by atoms with Crippen molar-refractivity contribution in [2.45, 2.75) is 50.4 Å². The second kappa shape index (κ2) is 8.26. The number of carbonyl (C=O) groups is 1. The van der Waals surface area contributed by atoms with Crippen molar-refractivity contribution in [2.24, 2.45) is 11.8 Å². The number of amides is 1. The highest BCUT2D eigenvalue weighted by Gasteiger charge is 2.44. The van der Waals surface area contributed by atoms with Gasteiger partial charge in [-0.1, -0.05) is 31.4 Å². The molecule has 2 heterocycles. The fraction of sp³-hybridized carbons (Fsp3) is 0.667. The molecule has 0 radical (unpaired) electrons. The molecule has 1 saturated carbocycles. The fourth-order valence-electron chi connectivity index (χ4n) is 5.29. The van der Waals surface area contributed by atoms with Gasteiger partial charge in [-0.15, -0.1) is 12.4 Å². The van der Waals surface area contributed by atoms with Crippen LogP contribution in [0.1, 0.15) is 50.5 Å². The molecule has 2 aliphatic heterocycles. The predicted octanol–water partition coefficient (Wildman–Crippen LogP) is 3.91. The van der Waals surface area contributed by atoms with Gasteiger partial charge in [0.2, 0.25) is 5.91 Å². The number of likely N-dealkylation sites (tertiary alicyclic amines) is 1. The Kier molecular flexibility index (Phi) is 6.24. The van der Waals surface area contributed by atoms with E-state index >= 15 is 0 Å². The molecule has 4 rings (SSSR count). The average Bonchev–Trinajstić information content (AvgIpc) is 3.00. The lowest BCUT2D eigenvalue weighted by Crippen LogP contribution is -2.48. The van der Waals surface area contributed by atoms with Crippen molar-refractivity contribution in [3.63, 3.8) is 0 Å². The van der Waals surface area contributed by atoms with Crippen LogP contribution >= 0.6 is 12.4 Å². The molecule has 144 valence electrons. The molecule has 1 aromatic rings. The topological polar surface area (TPSA) is 32.3 Å². The minimum absolute atomic E-state index is 0. The lowest BCUT2D eigenvalue weighted by molar-refractivity contribution is -0.139. The Bertz CT molecular complexity index is 618. The quantitative estimate of drug-likeness (QED) is 0.843. The molecule has 26 heavy (non-hydrogen) atoms. The summed E-state index contributed by atoms with van der Waals surface area (Å²) in [6, 6.07) is 6.79. The predicted molar refractivity (Wildman–Crippen MR) is 104 cm³/mol. The van der Waals surface area contributed by atoms with E-state index in [4.69, 9.17) is 0 Å². The Morgan fingerprint density at radius 1 is 1.08 bits per heavy atom. The van der Waals surface area contributed by atoms with Gasteiger partial charge >= 0.3 is 0 Å². The van der Waals surface area contributed by atoms with Crippen molar-refractivity contribution >= 4 is 18.3 Å². The first-order chi connectivity index (χ1) is 12.2. The first kappa shape index (κ1) is 19.6. The zero-order valence-electron chi connectivity index (χ0n) is 15.4. The number of nitrogens with zero attached hydrogens (tertiary/aromatic N) is 1. The molecule has 3 nitrogen and oxygen atoms in total. The van der Waals surface area contributed by atoms with Crippen molar-refractivity contribution < 1.29 is 9.18 Å². The molecular formula is C21H30ClFN2O. The van der Waals surface area contributed by atoms with Crippen molar-refractivity contribution in [3.05, 3.63) is 35.6 Å². The fourth-order valence-corrected chi connectivity index (χ4v) is 5.29. The molecule has 2 atom stereocenters. The highest BCUT2D eigenvalue weighted by Crippen LogP contribution is 2.42. The molecule has 0 spiro atoms. The third kappa shape index (κ3) is 3.63. The first-order valence-corrected chi connectivity index (χ1v) is 9.95. The van der Waals surface area contributed by atoms with E-state index in [1.165, 1.54) is 12.5 Å². The molecule has 0 aromatic heterocycles. The van der Waals surface area contributed by atoms with Crippen LogP contribution < -0.4 is 5.32 Å². The van der Waals surface area contributed by atoms with Gasteiger partial charge in [-0.25, -0.2) is 4.39 Å². The molecule has 0 unspecified atom stereocenters. The molecular weight excluding hydrogens is 351 g/mol. The van der Waals surface area contributed by atoms with Crippen LogP contribution in [0.4, 0.5) is 4.39 Å². The third-order valence-corrected chi connectivity index (χ3v) is 6.80. The Morgan fingerprint density at radius 3 is 2.35 bits per heavy atom. The second-order valence-electron chi connectivity index (χ2n) is 8.20. The van der Waals surface area contributed by atoms with Crippen LogP contribution in [0.15, 0.2) is 24.3 Å². The highest BCUT2D eigenvalue weighted by atomic mass is 35.5. The molecule has 0 bridgehead atoms. The summed E-state index contributed by atoms with van der Waals surface area (Å²) >= 11 is 0. The Balaban J connectivity index is 0.00000196. The molecule has 1 N–H and O–H groups in total. The van der Waals surface area contributed by atoms with Crippen LogP contribution in [-0.4, -0.2) is 37.0 Å². The number of hydrogen-bond acceptors (Lipinski definition) is 2. The summed E-state index contributed by atoms with van der Waals surface area (Å²) in [5.41, 5.74) is 0.390. The van der Waals surface area contributed by atoms with E-state index in [0.29, 0.717) is 11.8 Å². The number of carbonyl (C=O) groups excluding carboxylic acids is 1. The summed E-state index contributed by atoms with van der Waals surface area (Å²) in [6.07, 6.45) is 7.22. The van der Waals surface area contributed by atoms with Gasteiger partial charge in [-0.3, -0.25) is 4.79 Å². The van der Waals surface area contributed by atoms with Gasteiger partial charge < -0.3 is 10.2 Å². The molecule has 5 heteroatoms. The van der Waals surface area contributed by atoms with E-state index in [9.17, 15) is 9.18 Å². The van der Waals surface area contributed by atoms with Gasteiger partial charge in [0.15, 0.2) is 0 Å². The van der Waals surface area contributed by atoms with Crippen LogP contribution in [0.3, 0.4) is 0 Å². The van der Waals surface area contributed by atoms with Crippen LogP contribution in [0.5, 0.6) is 0 Å². The molecule has 1 aromatic carbocycles. The number of rotatable bonds is 2. The van der Waals surface area contributed by atoms with E-state index in [0.717, 1.165) is 70.3 Å². The normalized spacial score (nSPS) is 28.0. The van der Waals surface area contributed by atoms with Crippen molar-refractivity contribution in [1.29, 1.82) is 0 Å². The molecule has 3 aliphatic rings. The van der Waals surface area contributed by atoms with Gasteiger partial charge in [0.1, 0.15) is 5.82 Å². The van der Waals surface area contributed by atoms with Crippen LogP contribution in [0, 0.1) is 17.7 Å². The van der Waals surface area contributed by atoms with Gasteiger partial charge in [-0.05, 0) is 68.3 Å². The van der Waals surface area contributed by atoms with Gasteiger partial charge in [-0.2, -0.15) is 0 Å². The first-order valence-electron chi connectivity index (χ1n) is 9.95. The molecule has 3 fully saturated rings. The molecule has 1 aliphatic carbocycles. The Hall–Kier alpha value is -1.13. The minimum atomic E-state index is -0.502. The van der Waals surface area contributed by atoms with Gasteiger partial charge in [0, 0.05) is 13.1 Å². The summed E-state index contributed by atoms with van der Waals surface area (Å²) in [4.78, 5) is 15.8. The Morgan fingerprint density at radius 2 is 1.73 bits per heavy atom. The monoisotopic (exact) mass is 380 g/mol. The maximum absolute atomic E-state index is 13.9. The highest BCUT2D eigenvalue weighted by molar-refractivity contribution is 5.88. The summed E-state index contributed by atoms with van der Waals surface area (Å²) in [5.74, 6) is 1.46. The van der Waals surface area contributed by atoms with E-state index in [1.54, 1.807) is 12.1 Å². The number of hydrogen-bond donors (Lipinski definition) is 1. The van der Waals surface area contributed by atoms with Crippen molar-refractivity contribution in [3.8, 4) is 0 Å². The number of halogens is 2. The summed E-state index contributed by atoms with van der Waals surface area (Å²) in [7, 11) is 0. The SMILES string of the molecule is Cl.O=C(N1CC[C@@H]2CNC[C@@H]2CC1)C1(c2cccc(F)c2)CCCCC1. The number of benzene rings is 1. The number of fused-ring (bicyclic) bond motifs is 1. The average molecular weight is 381 g/mol. The maximum atomic E-state index is 13.9. The second-order valence-corrected chi connectivity index (χ2v) is 8.20. The lowest BCUT2D eigenvalue weighted by atomic mass is 9.68. The smallest absolute Gasteiger partial charge is 0.233 e.